The number of rotatable bonds is 3. The molecule has 3 aliphatic rings. The van der Waals surface area contributed by atoms with Crippen molar-refractivity contribution in [2.45, 2.75) is 38.1 Å². The maximum absolute atomic E-state index is 12.7. The second-order valence-corrected chi connectivity index (χ2v) is 7.84. The molecule has 152 valence electrons. The van der Waals surface area contributed by atoms with Crippen molar-refractivity contribution in [1.29, 1.82) is 0 Å². The fourth-order valence-corrected chi connectivity index (χ4v) is 4.79. The van der Waals surface area contributed by atoms with Crippen LogP contribution in [0, 0.1) is 11.8 Å². The molecule has 1 aromatic carbocycles. The Labute approximate surface area is 164 Å². The first-order valence-corrected chi connectivity index (χ1v) is 9.93. The summed E-state index contributed by atoms with van der Waals surface area (Å²) in [4.78, 5) is 36.6. The van der Waals surface area contributed by atoms with E-state index in [1.54, 1.807) is 0 Å². The van der Waals surface area contributed by atoms with Gasteiger partial charge in [0.15, 0.2) is 0 Å². The minimum absolute atomic E-state index is 0.0802. The summed E-state index contributed by atoms with van der Waals surface area (Å²) in [5.74, 6) is -0.977. The van der Waals surface area contributed by atoms with Gasteiger partial charge in [0, 0.05) is 38.1 Å². The molecule has 7 nitrogen and oxygen atoms in total. The lowest BCUT2D eigenvalue weighted by atomic mass is 10.0. The maximum Gasteiger partial charge on any atom is 0.306 e. The van der Waals surface area contributed by atoms with Gasteiger partial charge < -0.3 is 15.1 Å². The Morgan fingerprint density at radius 3 is 2.00 bits per heavy atom. The van der Waals surface area contributed by atoms with Crippen LogP contribution in [0.2, 0.25) is 0 Å². The Morgan fingerprint density at radius 2 is 1.50 bits per heavy atom. The summed E-state index contributed by atoms with van der Waals surface area (Å²) in [7, 11) is 0. The zero-order valence-electron chi connectivity index (χ0n) is 16.0. The second kappa shape index (κ2) is 9.19. The van der Waals surface area contributed by atoms with Gasteiger partial charge in [-0.05, 0) is 43.2 Å². The van der Waals surface area contributed by atoms with Gasteiger partial charge in [-0.1, -0.05) is 24.3 Å². The van der Waals surface area contributed by atoms with E-state index >= 15 is 0 Å². The number of hydrogen-bond acceptors (Lipinski definition) is 4. The van der Waals surface area contributed by atoms with Crippen LogP contribution in [0.4, 0.5) is 0 Å². The fraction of sp³-hybridized carbons (Fsp3) is 0.571. The van der Waals surface area contributed by atoms with Gasteiger partial charge in [0.2, 0.25) is 5.91 Å². The molecule has 1 amide bonds. The molecule has 1 aromatic rings. The highest BCUT2D eigenvalue weighted by atomic mass is 16.4. The average molecular weight is 388 g/mol. The molecule has 0 bridgehead atoms. The molecule has 0 unspecified atom stereocenters. The van der Waals surface area contributed by atoms with E-state index in [0.717, 1.165) is 45.4 Å². The second-order valence-electron chi connectivity index (χ2n) is 7.84. The van der Waals surface area contributed by atoms with E-state index in [0.29, 0.717) is 18.9 Å². The van der Waals surface area contributed by atoms with Crippen LogP contribution in [-0.2, 0) is 27.2 Å². The number of aliphatic carboxylic acids is 1. The van der Waals surface area contributed by atoms with E-state index in [4.69, 9.17) is 15.0 Å². The molecule has 2 atom stereocenters. The van der Waals surface area contributed by atoms with Crippen LogP contribution < -0.4 is 0 Å². The number of amides is 1. The normalized spacial score (nSPS) is 24.9. The summed E-state index contributed by atoms with van der Waals surface area (Å²) in [5, 5.41) is 16.0. The van der Waals surface area contributed by atoms with E-state index in [-0.39, 0.29) is 24.2 Å². The molecule has 7 heteroatoms. The van der Waals surface area contributed by atoms with Gasteiger partial charge in [0.1, 0.15) is 0 Å². The molecular formula is C21H28N2O5. The highest BCUT2D eigenvalue weighted by Gasteiger charge is 2.37. The quantitative estimate of drug-likeness (QED) is 0.762. The minimum atomic E-state index is -0.749. The summed E-state index contributed by atoms with van der Waals surface area (Å²) in [6.45, 7) is 3.17. The summed E-state index contributed by atoms with van der Waals surface area (Å²) < 4.78 is 0. The lowest BCUT2D eigenvalue weighted by molar-refractivity contribution is -0.142. The first-order chi connectivity index (χ1) is 13.5. The monoisotopic (exact) mass is 388 g/mol. The number of carbonyl (C=O) groups excluding carboxylic acids is 1. The van der Waals surface area contributed by atoms with E-state index < -0.39 is 5.97 Å². The van der Waals surface area contributed by atoms with Crippen molar-refractivity contribution in [2.24, 2.45) is 11.8 Å². The zero-order chi connectivity index (χ0) is 20.1. The van der Waals surface area contributed by atoms with E-state index in [2.05, 4.69) is 29.2 Å². The van der Waals surface area contributed by atoms with Crippen LogP contribution in [0.25, 0.3) is 0 Å². The highest BCUT2D eigenvalue weighted by molar-refractivity contribution is 5.81. The number of benzene rings is 1. The third kappa shape index (κ3) is 4.52. The number of carbonyl (C=O) groups is 3. The van der Waals surface area contributed by atoms with E-state index in [1.807, 2.05) is 4.90 Å². The largest absolute Gasteiger partial charge is 0.483 e. The number of carboxylic acid groups (broad SMARTS) is 2. The molecular weight excluding hydrogens is 360 g/mol. The predicted octanol–water partition coefficient (Wildman–Crippen LogP) is 1.50. The van der Waals surface area contributed by atoms with Gasteiger partial charge in [-0.2, -0.15) is 0 Å². The van der Waals surface area contributed by atoms with Gasteiger partial charge in [-0.3, -0.25) is 19.3 Å². The van der Waals surface area contributed by atoms with Crippen molar-refractivity contribution in [1.82, 2.24) is 9.80 Å². The number of fused-ring (bicyclic) bond motifs is 1. The van der Waals surface area contributed by atoms with Gasteiger partial charge in [0.25, 0.3) is 6.47 Å². The summed E-state index contributed by atoms with van der Waals surface area (Å²) in [5.41, 5.74) is 2.94. The third-order valence-electron chi connectivity index (χ3n) is 6.30. The molecule has 2 fully saturated rings. The third-order valence-corrected chi connectivity index (χ3v) is 6.30. The molecule has 1 aliphatic heterocycles. The van der Waals surface area contributed by atoms with Gasteiger partial charge in [-0.15, -0.1) is 0 Å². The van der Waals surface area contributed by atoms with Crippen LogP contribution in [0.5, 0.6) is 0 Å². The predicted molar refractivity (Wildman–Crippen MR) is 103 cm³/mol. The maximum atomic E-state index is 12.7. The molecule has 0 radical (unpaired) electrons. The Morgan fingerprint density at radius 1 is 0.964 bits per heavy atom. The zero-order valence-corrected chi connectivity index (χ0v) is 16.0. The molecule has 28 heavy (non-hydrogen) atoms. The SMILES string of the molecule is O=C(O)[C@@H]1CC[C@H](C(=O)N2CCN(C3Cc4ccccc4C3)CC2)C1.O=CO. The topological polar surface area (TPSA) is 98.2 Å². The van der Waals surface area contributed by atoms with Gasteiger partial charge in [0.05, 0.1) is 5.92 Å². The van der Waals surface area contributed by atoms with E-state index in [9.17, 15) is 9.59 Å². The number of hydrogen-bond donors (Lipinski definition) is 2. The van der Waals surface area contributed by atoms with Crippen molar-refractivity contribution in [2.75, 3.05) is 26.2 Å². The summed E-state index contributed by atoms with van der Waals surface area (Å²) >= 11 is 0. The summed E-state index contributed by atoms with van der Waals surface area (Å²) in [6.07, 6.45) is 4.13. The Kier molecular flexibility index (Phi) is 6.67. The molecule has 0 aromatic heterocycles. The Balaban J connectivity index is 0.000000706. The van der Waals surface area contributed by atoms with Crippen molar-refractivity contribution in [3.8, 4) is 0 Å². The van der Waals surface area contributed by atoms with Crippen molar-refractivity contribution < 1.29 is 24.6 Å². The number of piperazine rings is 1. The number of carboxylic acids is 1. The first kappa shape index (κ1) is 20.3. The van der Waals surface area contributed by atoms with Crippen LogP contribution in [0.3, 0.4) is 0 Å². The van der Waals surface area contributed by atoms with Crippen molar-refractivity contribution in [3.63, 3.8) is 0 Å². The summed E-state index contributed by atoms with van der Waals surface area (Å²) in [6, 6.07) is 9.26. The van der Waals surface area contributed by atoms with Crippen LogP contribution in [0.1, 0.15) is 30.4 Å². The lowest BCUT2D eigenvalue weighted by Gasteiger charge is -2.39. The van der Waals surface area contributed by atoms with Gasteiger partial charge >= 0.3 is 5.97 Å². The Hall–Kier alpha value is -2.41. The molecule has 2 aliphatic carbocycles. The first-order valence-electron chi connectivity index (χ1n) is 9.93. The molecule has 4 rings (SSSR count). The number of nitrogens with zero attached hydrogens (tertiary/aromatic N) is 2. The average Bonchev–Trinajstić information content (AvgIpc) is 3.35. The molecule has 1 saturated carbocycles. The highest BCUT2D eigenvalue weighted by Crippen LogP contribution is 2.33. The molecule has 1 saturated heterocycles. The van der Waals surface area contributed by atoms with Crippen LogP contribution in [-0.4, -0.2) is 70.6 Å². The molecule has 2 N–H and O–H groups in total. The van der Waals surface area contributed by atoms with Crippen LogP contribution in [0.15, 0.2) is 24.3 Å². The molecule has 1 heterocycles. The molecule has 0 spiro atoms. The minimum Gasteiger partial charge on any atom is -0.483 e. The van der Waals surface area contributed by atoms with Crippen molar-refractivity contribution in [3.05, 3.63) is 35.4 Å². The van der Waals surface area contributed by atoms with Gasteiger partial charge in [-0.25, -0.2) is 0 Å². The smallest absolute Gasteiger partial charge is 0.306 e. The van der Waals surface area contributed by atoms with Crippen molar-refractivity contribution >= 4 is 18.3 Å². The Bertz CT molecular complexity index is 690. The standard InChI is InChI=1S/C20H26N2O3.CH2O2/c23-19(16-5-6-17(11-16)20(24)25)22-9-7-21(8-10-22)18-12-14-3-1-2-4-15(14)13-18;2-1-3/h1-4,16-18H,5-13H2,(H,24,25);1H,(H,2,3)/t16-,17+;/m0./s1. The van der Waals surface area contributed by atoms with Crippen LogP contribution >= 0.6 is 0 Å². The fourth-order valence-electron chi connectivity index (χ4n) is 4.79. The lowest BCUT2D eigenvalue weighted by Crippen LogP contribution is -2.53. The van der Waals surface area contributed by atoms with E-state index in [1.165, 1.54) is 11.1 Å².